The molecule has 1 atom stereocenters. The zero-order chi connectivity index (χ0) is 14.3. The monoisotopic (exact) mass is 300 g/mol. The van der Waals surface area contributed by atoms with Gasteiger partial charge in [-0.05, 0) is 35.4 Å². The van der Waals surface area contributed by atoms with Crippen LogP contribution < -0.4 is 14.8 Å². The van der Waals surface area contributed by atoms with E-state index in [1.165, 1.54) is 0 Å². The predicted molar refractivity (Wildman–Crippen MR) is 80.2 cm³/mol. The third-order valence-corrected chi connectivity index (χ3v) is 5.78. The number of rotatable bonds is 2. The van der Waals surface area contributed by atoms with Gasteiger partial charge in [0.25, 0.3) is 7.37 Å². The van der Waals surface area contributed by atoms with Gasteiger partial charge in [-0.15, -0.1) is 0 Å². The molecule has 0 saturated carbocycles. The molecule has 2 aromatic rings. The van der Waals surface area contributed by atoms with Crippen molar-refractivity contribution in [1.29, 1.82) is 0 Å². The van der Waals surface area contributed by atoms with Crippen LogP contribution in [-0.4, -0.2) is 13.4 Å². The van der Waals surface area contributed by atoms with Gasteiger partial charge >= 0.3 is 0 Å². The summed E-state index contributed by atoms with van der Waals surface area (Å²) in [6.45, 7) is 0.586. The second-order valence-electron chi connectivity index (χ2n) is 4.93. The highest BCUT2D eigenvalue weighted by Gasteiger charge is 2.30. The minimum absolute atomic E-state index is 0.247. The van der Waals surface area contributed by atoms with Crippen molar-refractivity contribution >= 4 is 18.2 Å². The number of hydrogen-bond donors (Lipinski definition) is 0. The molecule has 4 nitrogen and oxygen atoms in total. The van der Waals surface area contributed by atoms with Gasteiger partial charge in [-0.1, -0.05) is 24.3 Å². The lowest BCUT2D eigenvalue weighted by Crippen LogP contribution is -2.01. The Labute approximate surface area is 122 Å². The first-order valence-electron chi connectivity index (χ1n) is 6.66. The Bertz CT molecular complexity index is 767. The molecule has 0 aromatic heterocycles. The van der Waals surface area contributed by atoms with Crippen LogP contribution in [0.5, 0.6) is 11.5 Å². The van der Waals surface area contributed by atoms with Crippen molar-refractivity contribution in [2.75, 3.05) is 13.4 Å². The molecule has 2 aliphatic heterocycles. The fourth-order valence-electron chi connectivity index (χ4n) is 2.48. The fraction of sp³-hybridized carbons (Fsp3) is 0.125. The van der Waals surface area contributed by atoms with Crippen LogP contribution in [0.25, 0.3) is 5.57 Å². The third kappa shape index (κ3) is 2.17. The maximum atomic E-state index is 12.9. The van der Waals surface area contributed by atoms with E-state index in [9.17, 15) is 4.57 Å². The van der Waals surface area contributed by atoms with E-state index >= 15 is 0 Å². The number of benzene rings is 2. The molecule has 0 spiro atoms. The molecule has 0 saturated heterocycles. The van der Waals surface area contributed by atoms with Gasteiger partial charge in [0.05, 0.1) is 6.61 Å². The smallest absolute Gasteiger partial charge is 0.254 e. The molecule has 0 amide bonds. The second kappa shape index (κ2) is 4.76. The van der Waals surface area contributed by atoms with Gasteiger partial charge in [0.2, 0.25) is 6.79 Å². The zero-order valence-electron chi connectivity index (χ0n) is 11.2. The van der Waals surface area contributed by atoms with Crippen LogP contribution in [0.3, 0.4) is 0 Å². The summed E-state index contributed by atoms with van der Waals surface area (Å²) in [5, 5.41) is 0.723. The van der Waals surface area contributed by atoms with Crippen LogP contribution in [0, 0.1) is 0 Å². The van der Waals surface area contributed by atoms with E-state index in [4.69, 9.17) is 14.0 Å². The van der Waals surface area contributed by atoms with Crippen LogP contribution in [0.15, 0.2) is 54.3 Å². The lowest BCUT2D eigenvalue weighted by Gasteiger charge is -2.08. The summed E-state index contributed by atoms with van der Waals surface area (Å²) in [6, 6.07) is 15.0. The Balaban J connectivity index is 1.71. The molecule has 1 unspecified atom stereocenters. The van der Waals surface area contributed by atoms with E-state index in [-0.39, 0.29) is 6.79 Å². The van der Waals surface area contributed by atoms with Gasteiger partial charge in [-0.3, -0.25) is 4.57 Å². The standard InChI is InChI=1S/C16H13O4P/c17-21(14-4-2-1-3-5-14)10-13(9-20-21)12-6-7-15-16(8-12)19-11-18-15/h1-8,10H,9,11H2. The van der Waals surface area contributed by atoms with Crippen LogP contribution >= 0.6 is 7.37 Å². The molecule has 21 heavy (non-hydrogen) atoms. The van der Waals surface area contributed by atoms with E-state index in [2.05, 4.69) is 0 Å². The van der Waals surface area contributed by atoms with E-state index in [1.807, 2.05) is 48.5 Å². The van der Waals surface area contributed by atoms with Crippen LogP contribution in [0.2, 0.25) is 0 Å². The molecule has 0 fully saturated rings. The van der Waals surface area contributed by atoms with Crippen molar-refractivity contribution < 1.29 is 18.6 Å². The second-order valence-corrected chi connectivity index (χ2v) is 7.16. The first-order chi connectivity index (χ1) is 10.2. The molecule has 4 rings (SSSR count). The number of hydrogen-bond acceptors (Lipinski definition) is 4. The topological polar surface area (TPSA) is 44.8 Å². The molecule has 2 heterocycles. The zero-order valence-corrected chi connectivity index (χ0v) is 12.1. The van der Waals surface area contributed by atoms with Gasteiger partial charge in [-0.2, -0.15) is 0 Å². The van der Waals surface area contributed by atoms with Crippen molar-refractivity contribution in [2.24, 2.45) is 0 Å². The van der Waals surface area contributed by atoms with E-state index < -0.39 is 7.37 Å². The minimum Gasteiger partial charge on any atom is -0.454 e. The van der Waals surface area contributed by atoms with E-state index in [0.717, 1.165) is 27.9 Å². The molecular formula is C16H13O4P. The van der Waals surface area contributed by atoms with Gasteiger partial charge in [0, 0.05) is 11.1 Å². The average Bonchev–Trinajstić information content (AvgIpc) is 3.14. The van der Waals surface area contributed by atoms with Gasteiger partial charge < -0.3 is 14.0 Å². The number of fused-ring (bicyclic) bond motifs is 1. The van der Waals surface area contributed by atoms with Crippen molar-refractivity contribution in [3.63, 3.8) is 0 Å². The summed E-state index contributed by atoms with van der Waals surface area (Å²) in [5.41, 5.74) is 1.87. The SMILES string of the molecule is O=P1(c2ccccc2)C=C(c2ccc3c(c2)OCO3)CO1. The highest BCUT2D eigenvalue weighted by molar-refractivity contribution is 7.70. The summed E-state index contributed by atoms with van der Waals surface area (Å²) < 4.78 is 29.2. The van der Waals surface area contributed by atoms with Gasteiger partial charge in [0.15, 0.2) is 11.5 Å². The average molecular weight is 300 g/mol. The fourth-order valence-corrected chi connectivity index (χ4v) is 4.41. The molecule has 2 aromatic carbocycles. The highest BCUT2D eigenvalue weighted by atomic mass is 31.2. The van der Waals surface area contributed by atoms with Gasteiger partial charge in [-0.25, -0.2) is 0 Å². The Morgan fingerprint density at radius 1 is 0.952 bits per heavy atom. The summed E-state index contributed by atoms with van der Waals surface area (Å²) in [5.74, 6) is 3.21. The highest BCUT2D eigenvalue weighted by Crippen LogP contribution is 2.54. The molecule has 0 aliphatic carbocycles. The first kappa shape index (κ1) is 12.7. The molecule has 0 bridgehead atoms. The summed E-state index contributed by atoms with van der Waals surface area (Å²) in [7, 11) is -2.90. The van der Waals surface area contributed by atoms with Crippen molar-refractivity contribution in [2.45, 2.75) is 0 Å². The maximum absolute atomic E-state index is 12.9. The van der Waals surface area contributed by atoms with Gasteiger partial charge in [0.1, 0.15) is 0 Å². The molecule has 0 N–H and O–H groups in total. The normalized spacial score (nSPS) is 23.1. The lowest BCUT2D eigenvalue weighted by molar-refractivity contribution is 0.174. The summed E-state index contributed by atoms with van der Waals surface area (Å²) >= 11 is 0. The van der Waals surface area contributed by atoms with Crippen molar-refractivity contribution in [1.82, 2.24) is 0 Å². The lowest BCUT2D eigenvalue weighted by atomic mass is 10.1. The van der Waals surface area contributed by atoms with Crippen molar-refractivity contribution in [3.05, 3.63) is 59.9 Å². The van der Waals surface area contributed by atoms with Crippen LogP contribution in [0.1, 0.15) is 5.56 Å². The summed E-state index contributed by atoms with van der Waals surface area (Å²) in [4.78, 5) is 0. The Morgan fingerprint density at radius 2 is 1.76 bits per heavy atom. The molecule has 106 valence electrons. The third-order valence-electron chi connectivity index (χ3n) is 3.60. The first-order valence-corrected chi connectivity index (χ1v) is 8.36. The van der Waals surface area contributed by atoms with Crippen LogP contribution in [-0.2, 0) is 9.09 Å². The Hall–Kier alpha value is -2.03. The Kier molecular flexibility index (Phi) is 2.88. The van der Waals surface area contributed by atoms with E-state index in [1.54, 1.807) is 5.82 Å². The maximum Gasteiger partial charge on any atom is 0.254 e. The summed E-state index contributed by atoms with van der Waals surface area (Å²) in [6.07, 6.45) is 0. The molecule has 2 aliphatic rings. The van der Waals surface area contributed by atoms with E-state index in [0.29, 0.717) is 6.61 Å². The molecule has 5 heteroatoms. The minimum atomic E-state index is -2.90. The van der Waals surface area contributed by atoms with Crippen molar-refractivity contribution in [3.8, 4) is 11.5 Å². The molecule has 0 radical (unpaired) electrons. The quantitative estimate of drug-likeness (QED) is 0.797. The molecular weight excluding hydrogens is 287 g/mol. The Morgan fingerprint density at radius 3 is 2.62 bits per heavy atom. The number of ether oxygens (including phenoxy) is 2. The van der Waals surface area contributed by atoms with Crippen LogP contribution in [0.4, 0.5) is 0 Å². The largest absolute Gasteiger partial charge is 0.454 e. The predicted octanol–water partition coefficient (Wildman–Crippen LogP) is 3.39.